The van der Waals surface area contributed by atoms with Crippen molar-refractivity contribution in [3.63, 3.8) is 0 Å². The summed E-state index contributed by atoms with van der Waals surface area (Å²) in [4.78, 5) is 24.4. The number of nitrogens with one attached hydrogen (secondary N) is 2. The Hall–Kier alpha value is -1.59. The second-order valence-electron chi connectivity index (χ2n) is 4.24. The zero-order valence-corrected chi connectivity index (χ0v) is 12.2. The van der Waals surface area contributed by atoms with E-state index in [4.69, 9.17) is 0 Å². The predicted octanol–water partition coefficient (Wildman–Crippen LogP) is 0.897. The van der Waals surface area contributed by atoms with Gasteiger partial charge in [0.2, 0.25) is 11.8 Å². The third kappa shape index (κ3) is 6.22. The second-order valence-corrected chi connectivity index (χ2v) is 4.24. The number of halogens is 1. The first-order valence-electron chi connectivity index (χ1n) is 5.76. The molecule has 0 unspecified atom stereocenters. The van der Waals surface area contributed by atoms with Gasteiger partial charge < -0.3 is 15.5 Å². The van der Waals surface area contributed by atoms with E-state index in [2.05, 4.69) is 10.6 Å². The highest BCUT2D eigenvalue weighted by molar-refractivity contribution is 5.92. The normalized spacial score (nSPS) is 9.42. The fraction of sp³-hybridized carbons (Fsp3) is 0.385. The van der Waals surface area contributed by atoms with Gasteiger partial charge in [-0.2, -0.15) is 0 Å². The smallest absolute Gasteiger partial charge is 0.238 e. The van der Waals surface area contributed by atoms with Crippen molar-refractivity contribution in [1.82, 2.24) is 10.2 Å². The minimum Gasteiger partial charge on any atom is -0.349 e. The lowest BCUT2D eigenvalue weighted by atomic mass is 10.1. The lowest BCUT2D eigenvalue weighted by Crippen LogP contribution is -2.25. The summed E-state index contributed by atoms with van der Waals surface area (Å²) in [7, 11) is 5.18. The van der Waals surface area contributed by atoms with Gasteiger partial charge in [-0.05, 0) is 24.7 Å². The molecule has 0 spiro atoms. The highest BCUT2D eigenvalue weighted by Crippen LogP contribution is 2.10. The van der Waals surface area contributed by atoms with Crippen molar-refractivity contribution < 1.29 is 9.59 Å². The molecule has 1 rings (SSSR count). The van der Waals surface area contributed by atoms with Crippen LogP contribution in [0.4, 0.5) is 5.69 Å². The monoisotopic (exact) mass is 285 g/mol. The molecule has 0 aromatic heterocycles. The maximum atomic E-state index is 11.5. The molecule has 5 nitrogen and oxygen atoms in total. The number of benzene rings is 1. The van der Waals surface area contributed by atoms with Crippen LogP contribution in [0.3, 0.4) is 0 Å². The van der Waals surface area contributed by atoms with Gasteiger partial charge >= 0.3 is 0 Å². The minimum absolute atomic E-state index is 0. The number of nitrogens with zero attached hydrogens (tertiary/aromatic N) is 1. The number of anilines is 1. The molecule has 1 aromatic rings. The third-order valence-electron chi connectivity index (χ3n) is 2.43. The maximum Gasteiger partial charge on any atom is 0.238 e. The van der Waals surface area contributed by atoms with E-state index in [-0.39, 0.29) is 30.8 Å². The molecule has 0 aliphatic heterocycles. The molecule has 2 N–H and O–H groups in total. The van der Waals surface area contributed by atoms with Crippen LogP contribution in [0.1, 0.15) is 5.56 Å². The van der Waals surface area contributed by atoms with Gasteiger partial charge in [-0.25, -0.2) is 0 Å². The van der Waals surface area contributed by atoms with Crippen molar-refractivity contribution in [3.8, 4) is 0 Å². The Labute approximate surface area is 119 Å². The average molecular weight is 286 g/mol. The summed E-state index contributed by atoms with van der Waals surface area (Å²) in [5.41, 5.74) is 1.66. The van der Waals surface area contributed by atoms with E-state index in [1.165, 1.54) is 0 Å². The summed E-state index contributed by atoms with van der Waals surface area (Å²) >= 11 is 0. The first kappa shape index (κ1) is 17.4. The molecule has 1 aromatic carbocycles. The zero-order valence-electron chi connectivity index (χ0n) is 11.4. The Morgan fingerprint density at radius 1 is 1.16 bits per heavy atom. The van der Waals surface area contributed by atoms with Crippen molar-refractivity contribution >= 4 is 29.9 Å². The highest BCUT2D eigenvalue weighted by Gasteiger charge is 2.06. The third-order valence-corrected chi connectivity index (χ3v) is 2.43. The molecule has 2 amide bonds. The molecule has 0 saturated heterocycles. The number of likely N-dealkylation sites (N-methyl/N-ethyl adjacent to an activating group) is 2. The average Bonchev–Trinajstić information content (AvgIpc) is 2.31. The molecule has 0 aliphatic rings. The van der Waals surface area contributed by atoms with Gasteiger partial charge in [-0.1, -0.05) is 12.1 Å². The van der Waals surface area contributed by atoms with E-state index < -0.39 is 0 Å². The molecule has 0 heterocycles. The Morgan fingerprint density at radius 3 is 2.21 bits per heavy atom. The lowest BCUT2D eigenvalue weighted by molar-refractivity contribution is -0.128. The first-order chi connectivity index (χ1) is 8.52. The Balaban J connectivity index is 0.00000324. The standard InChI is InChI=1S/C13H19N3O2.ClH/c1-14-9-12(17)15-11-6-4-10(5-7-11)8-13(18)16(2)3;/h4-7,14H,8-9H2,1-3H3,(H,15,17);1H. The molecule has 0 radical (unpaired) electrons. The van der Waals surface area contributed by atoms with Crippen LogP contribution in [0.15, 0.2) is 24.3 Å². The van der Waals surface area contributed by atoms with Crippen LogP contribution in [0.25, 0.3) is 0 Å². The van der Waals surface area contributed by atoms with Crippen molar-refractivity contribution in [3.05, 3.63) is 29.8 Å². The number of amides is 2. The summed E-state index contributed by atoms with van der Waals surface area (Å²) < 4.78 is 0. The summed E-state index contributed by atoms with van der Waals surface area (Å²) in [6.07, 6.45) is 0.373. The molecular formula is C13H20ClN3O2. The number of hydrogen-bond donors (Lipinski definition) is 2. The van der Waals surface area contributed by atoms with E-state index >= 15 is 0 Å². The number of carbonyl (C=O) groups is 2. The van der Waals surface area contributed by atoms with Crippen LogP contribution in [0.5, 0.6) is 0 Å². The molecule has 0 saturated carbocycles. The fourth-order valence-corrected chi connectivity index (χ4v) is 1.40. The topological polar surface area (TPSA) is 61.4 Å². The van der Waals surface area contributed by atoms with E-state index in [1.807, 2.05) is 12.1 Å². The van der Waals surface area contributed by atoms with Crippen LogP contribution >= 0.6 is 12.4 Å². The van der Waals surface area contributed by atoms with Crippen molar-refractivity contribution in [2.24, 2.45) is 0 Å². The molecule has 19 heavy (non-hydrogen) atoms. The molecule has 106 valence electrons. The Bertz CT molecular complexity index is 418. The van der Waals surface area contributed by atoms with Crippen LogP contribution in [-0.4, -0.2) is 44.4 Å². The van der Waals surface area contributed by atoms with Crippen molar-refractivity contribution in [1.29, 1.82) is 0 Å². The molecule has 6 heteroatoms. The highest BCUT2D eigenvalue weighted by atomic mass is 35.5. The summed E-state index contributed by atoms with van der Waals surface area (Å²) in [6.45, 7) is 0.279. The van der Waals surface area contributed by atoms with Crippen LogP contribution in [0, 0.1) is 0 Å². The molecule has 0 bridgehead atoms. The summed E-state index contributed by atoms with van der Waals surface area (Å²) in [5, 5.41) is 5.52. The molecular weight excluding hydrogens is 266 g/mol. The Morgan fingerprint density at radius 2 is 1.74 bits per heavy atom. The summed E-state index contributed by atoms with van der Waals surface area (Å²) in [6, 6.07) is 7.28. The van der Waals surface area contributed by atoms with Gasteiger partial charge in [0.15, 0.2) is 0 Å². The van der Waals surface area contributed by atoms with Crippen molar-refractivity contribution in [2.75, 3.05) is 33.0 Å². The van der Waals surface area contributed by atoms with Gasteiger partial charge in [0.1, 0.15) is 0 Å². The quantitative estimate of drug-likeness (QED) is 0.845. The van der Waals surface area contributed by atoms with E-state index in [1.54, 1.807) is 38.2 Å². The van der Waals surface area contributed by atoms with Gasteiger partial charge in [0, 0.05) is 19.8 Å². The lowest BCUT2D eigenvalue weighted by Gasteiger charge is -2.10. The minimum atomic E-state index is -0.0883. The number of hydrogen-bond acceptors (Lipinski definition) is 3. The van der Waals surface area contributed by atoms with Gasteiger partial charge in [-0.15, -0.1) is 12.4 Å². The van der Waals surface area contributed by atoms with E-state index in [0.717, 1.165) is 11.3 Å². The molecule has 0 aliphatic carbocycles. The maximum absolute atomic E-state index is 11.5. The van der Waals surface area contributed by atoms with Crippen LogP contribution < -0.4 is 10.6 Å². The fourth-order valence-electron chi connectivity index (χ4n) is 1.40. The van der Waals surface area contributed by atoms with Gasteiger partial charge in [0.25, 0.3) is 0 Å². The van der Waals surface area contributed by atoms with Crippen LogP contribution in [-0.2, 0) is 16.0 Å². The van der Waals surface area contributed by atoms with Gasteiger partial charge in [-0.3, -0.25) is 9.59 Å². The summed E-state index contributed by atoms with van der Waals surface area (Å²) in [5.74, 6) is -0.0309. The number of rotatable bonds is 5. The molecule has 0 atom stereocenters. The molecule has 0 fully saturated rings. The van der Waals surface area contributed by atoms with Crippen LogP contribution in [0.2, 0.25) is 0 Å². The predicted molar refractivity (Wildman–Crippen MR) is 78.6 cm³/mol. The zero-order chi connectivity index (χ0) is 13.5. The second kappa shape index (κ2) is 8.50. The van der Waals surface area contributed by atoms with Gasteiger partial charge in [0.05, 0.1) is 13.0 Å². The first-order valence-corrected chi connectivity index (χ1v) is 5.76. The number of carbonyl (C=O) groups excluding carboxylic acids is 2. The van der Waals surface area contributed by atoms with E-state index in [9.17, 15) is 9.59 Å². The van der Waals surface area contributed by atoms with Crippen molar-refractivity contribution in [2.45, 2.75) is 6.42 Å². The Kier molecular flexibility index (Phi) is 7.79. The SMILES string of the molecule is CNCC(=O)Nc1ccc(CC(=O)N(C)C)cc1.Cl. The van der Waals surface area contributed by atoms with E-state index in [0.29, 0.717) is 6.42 Å². The largest absolute Gasteiger partial charge is 0.349 e.